The molecule has 5 nitrogen and oxygen atoms in total. The first-order valence-corrected chi connectivity index (χ1v) is 5.44. The minimum absolute atomic E-state index is 0.170. The Kier molecular flexibility index (Phi) is 5.74. The molecule has 0 aliphatic rings. The Bertz CT molecular complexity index is 445. The smallest absolute Gasteiger partial charge is 0.255 e. The molecule has 0 aliphatic carbocycles. The number of carbonyl (C=O) groups excluding carboxylic acids is 1. The van der Waals surface area contributed by atoms with Crippen molar-refractivity contribution in [1.29, 1.82) is 5.26 Å². The summed E-state index contributed by atoms with van der Waals surface area (Å²) in [5, 5.41) is 8.55. The molecule has 0 saturated heterocycles. The monoisotopic (exact) mass is 251 g/mol. The van der Waals surface area contributed by atoms with Gasteiger partial charge in [-0.1, -0.05) is 0 Å². The van der Waals surface area contributed by atoms with Crippen LogP contribution >= 0.6 is 0 Å². The lowest BCUT2D eigenvalue weighted by molar-refractivity contribution is 0.0699. The maximum absolute atomic E-state index is 13.0. The number of hydrogen-bond acceptors (Lipinski definition) is 4. The van der Waals surface area contributed by atoms with Crippen LogP contribution in [0.4, 0.5) is 4.39 Å². The molecule has 18 heavy (non-hydrogen) atoms. The van der Waals surface area contributed by atoms with Crippen molar-refractivity contribution >= 4 is 5.91 Å². The maximum atomic E-state index is 13.0. The minimum Gasteiger partial charge on any atom is -0.383 e. The molecule has 1 rings (SSSR count). The lowest BCUT2D eigenvalue weighted by Gasteiger charge is -2.21. The molecule has 0 N–H and O–H groups in total. The van der Waals surface area contributed by atoms with Crippen molar-refractivity contribution < 1.29 is 13.9 Å². The molecule has 0 unspecified atom stereocenters. The molecule has 0 radical (unpaired) electrons. The van der Waals surface area contributed by atoms with Crippen LogP contribution in [0.3, 0.4) is 0 Å². The topological polar surface area (TPSA) is 66.2 Å². The average molecular weight is 251 g/mol. The van der Waals surface area contributed by atoms with Crippen LogP contribution in [0.1, 0.15) is 16.8 Å². The predicted octanol–water partition coefficient (Wildman–Crippen LogP) is 1.22. The van der Waals surface area contributed by atoms with Gasteiger partial charge in [-0.15, -0.1) is 0 Å². The van der Waals surface area contributed by atoms with Crippen LogP contribution in [0.2, 0.25) is 0 Å². The molecule has 96 valence electrons. The summed E-state index contributed by atoms with van der Waals surface area (Å²) in [7, 11) is 1.52. The van der Waals surface area contributed by atoms with E-state index in [0.29, 0.717) is 13.2 Å². The summed E-state index contributed by atoms with van der Waals surface area (Å²) < 4.78 is 17.9. The molecule has 0 aromatic carbocycles. The molecule has 1 aromatic rings. The SMILES string of the molecule is COCCN(CCC#N)C(=O)c1cncc(F)c1. The Hall–Kier alpha value is -2.00. The number of aromatic nitrogens is 1. The zero-order chi connectivity index (χ0) is 13.4. The third-order valence-electron chi connectivity index (χ3n) is 2.30. The summed E-state index contributed by atoms with van der Waals surface area (Å²) >= 11 is 0. The van der Waals surface area contributed by atoms with Crippen molar-refractivity contribution in [3.63, 3.8) is 0 Å². The van der Waals surface area contributed by atoms with Crippen LogP contribution in [0.15, 0.2) is 18.5 Å². The van der Waals surface area contributed by atoms with Crippen molar-refractivity contribution in [2.45, 2.75) is 6.42 Å². The summed E-state index contributed by atoms with van der Waals surface area (Å²) in [6.45, 7) is 1.00. The van der Waals surface area contributed by atoms with Gasteiger partial charge < -0.3 is 9.64 Å². The first-order chi connectivity index (χ1) is 8.69. The highest BCUT2D eigenvalue weighted by atomic mass is 19.1. The van der Waals surface area contributed by atoms with E-state index in [-0.39, 0.29) is 24.4 Å². The molecule has 0 atom stereocenters. The van der Waals surface area contributed by atoms with E-state index in [0.717, 1.165) is 12.3 Å². The van der Waals surface area contributed by atoms with Gasteiger partial charge in [0.1, 0.15) is 5.82 Å². The summed E-state index contributed by atoms with van der Waals surface area (Å²) in [6.07, 6.45) is 2.56. The molecule has 0 bridgehead atoms. The molecule has 1 amide bonds. The average Bonchev–Trinajstić information content (AvgIpc) is 2.38. The molecule has 1 heterocycles. The maximum Gasteiger partial charge on any atom is 0.255 e. The summed E-state index contributed by atoms with van der Waals surface area (Å²) in [4.78, 5) is 17.1. The Balaban J connectivity index is 2.77. The summed E-state index contributed by atoms with van der Waals surface area (Å²) in [5.74, 6) is -0.915. The van der Waals surface area contributed by atoms with E-state index in [1.54, 1.807) is 0 Å². The number of amides is 1. The van der Waals surface area contributed by atoms with Crippen molar-refractivity contribution in [3.8, 4) is 6.07 Å². The van der Waals surface area contributed by atoms with Gasteiger partial charge in [-0.05, 0) is 6.07 Å². The highest BCUT2D eigenvalue weighted by Gasteiger charge is 2.16. The standard InChI is InChI=1S/C12H14FN3O2/c1-18-6-5-16(4-2-3-14)12(17)10-7-11(13)9-15-8-10/h7-9H,2,4-6H2,1H3. The second-order valence-corrected chi connectivity index (χ2v) is 3.58. The number of halogens is 1. The fourth-order valence-corrected chi connectivity index (χ4v) is 1.41. The Morgan fingerprint density at radius 2 is 2.33 bits per heavy atom. The number of nitriles is 1. The number of rotatable bonds is 6. The zero-order valence-electron chi connectivity index (χ0n) is 10.1. The number of ether oxygens (including phenoxy) is 1. The third-order valence-corrected chi connectivity index (χ3v) is 2.30. The normalized spacial score (nSPS) is 9.83. The highest BCUT2D eigenvalue weighted by molar-refractivity contribution is 5.93. The van der Waals surface area contributed by atoms with E-state index < -0.39 is 5.82 Å². The molecule has 0 aliphatic heterocycles. The van der Waals surface area contributed by atoms with Crippen LogP contribution in [-0.4, -0.2) is 42.6 Å². The van der Waals surface area contributed by atoms with Crippen molar-refractivity contribution in [2.75, 3.05) is 26.8 Å². The molecule has 1 aromatic heterocycles. The molecular formula is C12H14FN3O2. The molecular weight excluding hydrogens is 237 g/mol. The van der Waals surface area contributed by atoms with E-state index in [4.69, 9.17) is 10.00 Å². The Morgan fingerprint density at radius 1 is 1.56 bits per heavy atom. The summed E-state index contributed by atoms with van der Waals surface area (Å²) in [5.41, 5.74) is 0.170. The lowest BCUT2D eigenvalue weighted by atomic mass is 10.2. The quantitative estimate of drug-likeness (QED) is 0.762. The second-order valence-electron chi connectivity index (χ2n) is 3.58. The van der Waals surface area contributed by atoms with Crippen LogP contribution in [-0.2, 0) is 4.74 Å². The summed E-state index contributed by atoms with van der Waals surface area (Å²) in [6, 6.07) is 3.09. The van der Waals surface area contributed by atoms with Crippen molar-refractivity contribution in [1.82, 2.24) is 9.88 Å². The number of nitrogens with zero attached hydrogens (tertiary/aromatic N) is 3. The molecule has 0 saturated carbocycles. The van der Waals surface area contributed by atoms with Gasteiger partial charge in [0.15, 0.2) is 0 Å². The van der Waals surface area contributed by atoms with Gasteiger partial charge >= 0.3 is 0 Å². The lowest BCUT2D eigenvalue weighted by Crippen LogP contribution is -2.34. The minimum atomic E-state index is -0.562. The first kappa shape index (κ1) is 14.1. The Morgan fingerprint density at radius 3 is 2.94 bits per heavy atom. The number of hydrogen-bond donors (Lipinski definition) is 0. The van der Waals surface area contributed by atoms with Gasteiger partial charge in [0, 0.05) is 26.4 Å². The largest absolute Gasteiger partial charge is 0.383 e. The van der Waals surface area contributed by atoms with E-state index in [1.807, 2.05) is 6.07 Å². The van der Waals surface area contributed by atoms with Gasteiger partial charge in [-0.2, -0.15) is 5.26 Å². The van der Waals surface area contributed by atoms with Gasteiger partial charge in [-0.25, -0.2) is 4.39 Å². The van der Waals surface area contributed by atoms with Crippen LogP contribution < -0.4 is 0 Å². The van der Waals surface area contributed by atoms with Crippen molar-refractivity contribution in [3.05, 3.63) is 29.8 Å². The van der Waals surface area contributed by atoms with Crippen LogP contribution in [0.5, 0.6) is 0 Å². The van der Waals surface area contributed by atoms with Crippen LogP contribution in [0, 0.1) is 17.1 Å². The predicted molar refractivity (Wildman–Crippen MR) is 62.2 cm³/mol. The zero-order valence-corrected chi connectivity index (χ0v) is 10.1. The highest BCUT2D eigenvalue weighted by Crippen LogP contribution is 2.06. The fraction of sp³-hybridized carbons (Fsp3) is 0.417. The van der Waals surface area contributed by atoms with E-state index in [9.17, 15) is 9.18 Å². The number of carbonyl (C=O) groups is 1. The van der Waals surface area contributed by atoms with Gasteiger partial charge in [-0.3, -0.25) is 9.78 Å². The van der Waals surface area contributed by atoms with E-state index >= 15 is 0 Å². The second kappa shape index (κ2) is 7.35. The van der Waals surface area contributed by atoms with Gasteiger partial charge in [0.25, 0.3) is 5.91 Å². The van der Waals surface area contributed by atoms with Gasteiger partial charge in [0.2, 0.25) is 0 Å². The van der Waals surface area contributed by atoms with E-state index in [1.165, 1.54) is 18.2 Å². The van der Waals surface area contributed by atoms with Crippen molar-refractivity contribution in [2.24, 2.45) is 0 Å². The Labute approximate surface area is 105 Å². The number of pyridine rings is 1. The number of methoxy groups -OCH3 is 1. The molecule has 0 spiro atoms. The van der Waals surface area contributed by atoms with Crippen LogP contribution in [0.25, 0.3) is 0 Å². The molecule has 0 fully saturated rings. The van der Waals surface area contributed by atoms with E-state index in [2.05, 4.69) is 4.98 Å². The fourth-order valence-electron chi connectivity index (χ4n) is 1.41. The van der Waals surface area contributed by atoms with Gasteiger partial charge in [0.05, 0.1) is 30.9 Å². The first-order valence-electron chi connectivity index (χ1n) is 5.44. The third kappa shape index (κ3) is 4.11. The molecule has 6 heteroatoms.